The van der Waals surface area contributed by atoms with Gasteiger partial charge in [-0.2, -0.15) is 0 Å². The molecule has 0 radical (unpaired) electrons. The molecule has 98 valence electrons. The van der Waals surface area contributed by atoms with Crippen LogP contribution < -0.4 is 5.73 Å². The topological polar surface area (TPSA) is 49.6 Å². The first-order valence-corrected chi connectivity index (χ1v) is 6.86. The Hall–Kier alpha value is -0.610. The molecule has 2 aliphatic rings. The van der Waals surface area contributed by atoms with Gasteiger partial charge in [-0.05, 0) is 26.2 Å². The Balaban J connectivity index is 1.85. The van der Waals surface area contributed by atoms with Crippen molar-refractivity contribution in [3.05, 3.63) is 0 Å². The molecule has 1 aliphatic carbocycles. The Labute approximate surface area is 104 Å². The average molecular weight is 239 g/mol. The second kappa shape index (κ2) is 4.94. The molecule has 0 aromatic rings. The Morgan fingerprint density at radius 3 is 2.29 bits per heavy atom. The third-order valence-electron chi connectivity index (χ3n) is 4.51. The van der Waals surface area contributed by atoms with Crippen molar-refractivity contribution >= 4 is 5.91 Å². The van der Waals surface area contributed by atoms with Gasteiger partial charge in [0.05, 0.1) is 5.41 Å². The summed E-state index contributed by atoms with van der Waals surface area (Å²) in [6, 6.07) is 0.636. The summed E-state index contributed by atoms with van der Waals surface area (Å²) in [5.74, 6) is 0.309. The Kier molecular flexibility index (Phi) is 3.73. The zero-order valence-corrected chi connectivity index (χ0v) is 11.1. The molecule has 0 aromatic heterocycles. The summed E-state index contributed by atoms with van der Waals surface area (Å²) in [5.41, 5.74) is 5.55. The van der Waals surface area contributed by atoms with E-state index in [9.17, 15) is 4.79 Å². The zero-order valence-electron chi connectivity index (χ0n) is 11.1. The molecule has 1 aliphatic heterocycles. The van der Waals surface area contributed by atoms with Gasteiger partial charge in [0.2, 0.25) is 5.91 Å². The van der Waals surface area contributed by atoms with Gasteiger partial charge in [-0.25, -0.2) is 0 Å². The fourth-order valence-corrected chi connectivity index (χ4v) is 2.62. The van der Waals surface area contributed by atoms with E-state index in [0.29, 0.717) is 18.5 Å². The van der Waals surface area contributed by atoms with Crippen molar-refractivity contribution in [2.45, 2.75) is 39.2 Å². The summed E-state index contributed by atoms with van der Waals surface area (Å²) in [6.45, 7) is 8.80. The number of carbonyl (C=O) groups excluding carboxylic acids is 1. The van der Waals surface area contributed by atoms with Crippen molar-refractivity contribution < 1.29 is 4.79 Å². The van der Waals surface area contributed by atoms with Crippen molar-refractivity contribution in [1.29, 1.82) is 0 Å². The van der Waals surface area contributed by atoms with Crippen molar-refractivity contribution in [2.24, 2.45) is 11.1 Å². The van der Waals surface area contributed by atoms with Gasteiger partial charge in [0.1, 0.15) is 0 Å². The second-order valence-corrected chi connectivity index (χ2v) is 5.57. The minimum atomic E-state index is -0.168. The Morgan fingerprint density at radius 2 is 1.88 bits per heavy atom. The maximum atomic E-state index is 12.3. The molecule has 1 amide bonds. The highest BCUT2D eigenvalue weighted by atomic mass is 16.2. The Morgan fingerprint density at radius 1 is 1.29 bits per heavy atom. The van der Waals surface area contributed by atoms with E-state index in [2.05, 4.69) is 18.7 Å². The van der Waals surface area contributed by atoms with E-state index >= 15 is 0 Å². The molecule has 2 N–H and O–H groups in total. The van der Waals surface area contributed by atoms with Crippen LogP contribution in [0.15, 0.2) is 0 Å². The Bertz CT molecular complexity index is 280. The molecule has 4 heteroatoms. The number of carbonyl (C=O) groups is 1. The molecule has 1 saturated heterocycles. The highest BCUT2D eigenvalue weighted by Gasteiger charge is 2.50. The van der Waals surface area contributed by atoms with Crippen LogP contribution in [0.1, 0.15) is 33.1 Å². The highest BCUT2D eigenvalue weighted by Crippen LogP contribution is 2.46. The molecule has 1 saturated carbocycles. The van der Waals surface area contributed by atoms with E-state index in [-0.39, 0.29) is 5.41 Å². The summed E-state index contributed by atoms with van der Waals surface area (Å²) in [4.78, 5) is 16.8. The van der Waals surface area contributed by atoms with Crippen LogP contribution in [0.5, 0.6) is 0 Å². The molecule has 0 bridgehead atoms. The first kappa shape index (κ1) is 12.8. The van der Waals surface area contributed by atoms with Crippen molar-refractivity contribution in [2.75, 3.05) is 32.7 Å². The number of nitrogens with two attached hydrogens (primary N) is 1. The largest absolute Gasteiger partial charge is 0.340 e. The first-order valence-electron chi connectivity index (χ1n) is 6.86. The predicted octanol–water partition coefficient (Wildman–Crippen LogP) is 0.668. The van der Waals surface area contributed by atoms with E-state index in [1.165, 1.54) is 6.42 Å². The monoisotopic (exact) mass is 239 g/mol. The van der Waals surface area contributed by atoms with Crippen LogP contribution in [0.4, 0.5) is 0 Å². The number of piperazine rings is 1. The first-order chi connectivity index (χ1) is 8.13. The fourth-order valence-electron chi connectivity index (χ4n) is 2.62. The lowest BCUT2D eigenvalue weighted by Crippen LogP contribution is -2.53. The lowest BCUT2D eigenvalue weighted by molar-refractivity contribution is -0.138. The van der Waals surface area contributed by atoms with Gasteiger partial charge in [-0.15, -0.1) is 0 Å². The predicted molar refractivity (Wildman–Crippen MR) is 68.6 cm³/mol. The quantitative estimate of drug-likeness (QED) is 0.784. The third-order valence-corrected chi connectivity index (χ3v) is 4.51. The van der Waals surface area contributed by atoms with Gasteiger partial charge in [0.25, 0.3) is 0 Å². The van der Waals surface area contributed by atoms with E-state index in [4.69, 9.17) is 5.73 Å². The molecule has 2 fully saturated rings. The minimum absolute atomic E-state index is 0.168. The maximum absolute atomic E-state index is 12.3. The number of nitrogens with zero attached hydrogens (tertiary/aromatic N) is 2. The molecule has 17 heavy (non-hydrogen) atoms. The average Bonchev–Trinajstić information content (AvgIpc) is 3.18. The molecule has 0 aromatic carbocycles. The SMILES string of the molecule is CCC(C)N1CCN(C(=O)C2(CN)CC2)CC1. The molecule has 1 atom stereocenters. The lowest BCUT2D eigenvalue weighted by atomic mass is 10.0. The molecule has 0 spiro atoms. The van der Waals surface area contributed by atoms with Gasteiger partial charge in [0, 0.05) is 38.8 Å². The molecule has 4 nitrogen and oxygen atoms in total. The van der Waals surface area contributed by atoms with Gasteiger partial charge in [-0.3, -0.25) is 9.69 Å². The van der Waals surface area contributed by atoms with Gasteiger partial charge in [0.15, 0.2) is 0 Å². The van der Waals surface area contributed by atoms with Gasteiger partial charge in [-0.1, -0.05) is 6.92 Å². The summed E-state index contributed by atoms with van der Waals surface area (Å²) in [7, 11) is 0. The minimum Gasteiger partial charge on any atom is -0.340 e. The van der Waals surface area contributed by atoms with Crippen LogP contribution in [0.25, 0.3) is 0 Å². The fraction of sp³-hybridized carbons (Fsp3) is 0.923. The standard InChI is InChI=1S/C13H25N3O/c1-3-11(2)15-6-8-16(9-7-15)12(17)13(10-14)4-5-13/h11H,3-10,14H2,1-2H3. The summed E-state index contributed by atoms with van der Waals surface area (Å²) in [6.07, 6.45) is 3.17. The van der Waals surface area contributed by atoms with Crippen LogP contribution in [0, 0.1) is 5.41 Å². The molecular formula is C13H25N3O. The van der Waals surface area contributed by atoms with Crippen LogP contribution in [-0.2, 0) is 4.79 Å². The van der Waals surface area contributed by atoms with E-state index in [1.807, 2.05) is 4.90 Å². The number of amides is 1. The molecular weight excluding hydrogens is 214 g/mol. The van der Waals surface area contributed by atoms with Crippen molar-refractivity contribution in [3.63, 3.8) is 0 Å². The van der Waals surface area contributed by atoms with Gasteiger partial charge < -0.3 is 10.6 Å². The van der Waals surface area contributed by atoms with E-state index in [0.717, 1.165) is 39.0 Å². The maximum Gasteiger partial charge on any atom is 0.230 e. The van der Waals surface area contributed by atoms with E-state index < -0.39 is 0 Å². The molecule has 1 heterocycles. The van der Waals surface area contributed by atoms with Crippen molar-refractivity contribution in [1.82, 2.24) is 9.80 Å². The molecule has 2 rings (SSSR count). The second-order valence-electron chi connectivity index (χ2n) is 5.57. The number of rotatable bonds is 4. The van der Waals surface area contributed by atoms with Crippen LogP contribution in [0.2, 0.25) is 0 Å². The van der Waals surface area contributed by atoms with Crippen molar-refractivity contribution in [3.8, 4) is 0 Å². The summed E-state index contributed by atoms with van der Waals surface area (Å²) >= 11 is 0. The van der Waals surface area contributed by atoms with E-state index in [1.54, 1.807) is 0 Å². The lowest BCUT2D eigenvalue weighted by Gasteiger charge is -2.39. The normalized spacial score (nSPS) is 25.7. The van der Waals surface area contributed by atoms with Gasteiger partial charge >= 0.3 is 0 Å². The van der Waals surface area contributed by atoms with Crippen LogP contribution >= 0.6 is 0 Å². The summed E-state index contributed by atoms with van der Waals surface area (Å²) < 4.78 is 0. The third kappa shape index (κ3) is 2.47. The number of hydrogen-bond acceptors (Lipinski definition) is 3. The van der Waals surface area contributed by atoms with Crippen LogP contribution in [-0.4, -0.2) is 54.5 Å². The number of hydrogen-bond donors (Lipinski definition) is 1. The summed E-state index contributed by atoms with van der Waals surface area (Å²) in [5, 5.41) is 0. The molecule has 1 unspecified atom stereocenters. The smallest absolute Gasteiger partial charge is 0.230 e. The highest BCUT2D eigenvalue weighted by molar-refractivity contribution is 5.85. The zero-order chi connectivity index (χ0) is 12.5. The van der Waals surface area contributed by atoms with Crippen LogP contribution in [0.3, 0.4) is 0 Å².